The molecule has 1 heterocycles. The Morgan fingerprint density at radius 1 is 1.46 bits per heavy atom. The predicted octanol–water partition coefficient (Wildman–Crippen LogP) is 1.61. The highest BCUT2D eigenvalue weighted by atomic mass is 35.7. The molecule has 0 amide bonds. The Labute approximate surface area is 88.0 Å². The van der Waals surface area contributed by atoms with Gasteiger partial charge in [0.1, 0.15) is 0 Å². The molecule has 0 saturated heterocycles. The van der Waals surface area contributed by atoms with Gasteiger partial charge in [-0.3, -0.25) is 4.98 Å². The van der Waals surface area contributed by atoms with Crippen molar-refractivity contribution in [3.8, 4) is 0 Å². The minimum atomic E-state index is -3.38. The van der Waals surface area contributed by atoms with E-state index >= 15 is 0 Å². The highest BCUT2D eigenvalue weighted by Gasteiger charge is 2.04. The second kappa shape index (κ2) is 5.42. The molecule has 0 fully saturated rings. The number of hydrogen-bond donors (Lipinski definition) is 0. The van der Waals surface area contributed by atoms with Crippen molar-refractivity contribution < 1.29 is 8.42 Å². The lowest BCUT2D eigenvalue weighted by molar-refractivity contribution is 0.609. The Balaban J connectivity index is 0.00000144. The number of pyridine rings is 1. The summed E-state index contributed by atoms with van der Waals surface area (Å²) in [5.74, 6) is -0.0414. The van der Waals surface area contributed by atoms with Crippen LogP contribution in [0.25, 0.3) is 0 Å². The molecule has 0 aromatic carbocycles. The van der Waals surface area contributed by atoms with Gasteiger partial charge < -0.3 is 0 Å². The number of halogens is 2. The zero-order valence-electron chi connectivity index (χ0n) is 6.68. The highest BCUT2D eigenvalue weighted by Crippen LogP contribution is 2.03. The third-order valence-electron chi connectivity index (χ3n) is 1.36. The highest BCUT2D eigenvalue weighted by molar-refractivity contribution is 8.13. The number of hydrogen-bond acceptors (Lipinski definition) is 3. The minimum absolute atomic E-state index is 0. The molecular weight excluding hydrogens is 233 g/mol. The van der Waals surface area contributed by atoms with Crippen LogP contribution in [-0.2, 0) is 15.5 Å². The fourth-order valence-electron chi connectivity index (χ4n) is 0.786. The summed E-state index contributed by atoms with van der Waals surface area (Å²) >= 11 is 0. The molecule has 0 aliphatic heterocycles. The molecule has 0 spiro atoms. The van der Waals surface area contributed by atoms with E-state index in [0.29, 0.717) is 6.42 Å². The van der Waals surface area contributed by atoms with Gasteiger partial charge in [-0.1, -0.05) is 6.07 Å². The Kier molecular flexibility index (Phi) is 5.29. The predicted molar refractivity (Wildman–Crippen MR) is 54.8 cm³/mol. The smallest absolute Gasteiger partial charge is 0.232 e. The second-order valence-electron chi connectivity index (χ2n) is 2.35. The molecule has 0 unspecified atom stereocenters. The maximum atomic E-state index is 10.5. The van der Waals surface area contributed by atoms with E-state index in [9.17, 15) is 8.42 Å². The summed E-state index contributed by atoms with van der Waals surface area (Å²) in [7, 11) is 1.66. The standard InChI is InChI=1S/C7H8ClNO2S.ClH/c8-12(10,11)5-3-7-2-1-4-9-6-7;/h1-2,4,6H,3,5H2;1H. The van der Waals surface area contributed by atoms with E-state index in [1.807, 2.05) is 6.07 Å². The zero-order chi connectivity index (χ0) is 9.03. The van der Waals surface area contributed by atoms with E-state index in [1.54, 1.807) is 18.5 Å². The number of rotatable bonds is 3. The van der Waals surface area contributed by atoms with Crippen LogP contribution in [-0.4, -0.2) is 19.2 Å². The van der Waals surface area contributed by atoms with Gasteiger partial charge in [-0.2, -0.15) is 0 Å². The van der Waals surface area contributed by atoms with Crippen LogP contribution in [0, 0.1) is 0 Å². The molecule has 13 heavy (non-hydrogen) atoms. The first-order valence-electron chi connectivity index (χ1n) is 3.39. The molecule has 6 heteroatoms. The van der Waals surface area contributed by atoms with E-state index in [-0.39, 0.29) is 18.2 Å². The quantitative estimate of drug-likeness (QED) is 0.756. The van der Waals surface area contributed by atoms with Crippen LogP contribution in [0.5, 0.6) is 0 Å². The minimum Gasteiger partial charge on any atom is -0.264 e. The summed E-state index contributed by atoms with van der Waals surface area (Å²) in [6.45, 7) is 0. The third kappa shape index (κ3) is 5.85. The first-order chi connectivity index (χ1) is 5.58. The average Bonchev–Trinajstić information content (AvgIpc) is 2.02. The van der Waals surface area contributed by atoms with Crippen LogP contribution in [0.2, 0.25) is 0 Å². The van der Waals surface area contributed by atoms with Crippen molar-refractivity contribution in [3.63, 3.8) is 0 Å². The fourth-order valence-corrected chi connectivity index (χ4v) is 1.50. The maximum Gasteiger partial charge on any atom is 0.232 e. The fraction of sp³-hybridized carbons (Fsp3) is 0.286. The maximum absolute atomic E-state index is 10.5. The van der Waals surface area contributed by atoms with Gasteiger partial charge in [0, 0.05) is 23.1 Å². The number of nitrogens with zero attached hydrogens (tertiary/aromatic N) is 1. The summed E-state index contributed by atoms with van der Waals surface area (Å²) in [5, 5.41) is 0. The summed E-state index contributed by atoms with van der Waals surface area (Å²) < 4.78 is 21.1. The molecule has 1 rings (SSSR count). The van der Waals surface area contributed by atoms with Gasteiger partial charge in [0.15, 0.2) is 0 Å². The monoisotopic (exact) mass is 241 g/mol. The Hall–Kier alpha value is -0.320. The van der Waals surface area contributed by atoms with Crippen molar-refractivity contribution in [1.82, 2.24) is 4.98 Å². The van der Waals surface area contributed by atoms with Crippen LogP contribution < -0.4 is 0 Å². The van der Waals surface area contributed by atoms with Gasteiger partial charge in [-0.05, 0) is 18.1 Å². The molecule has 0 atom stereocenters. The first kappa shape index (κ1) is 12.7. The summed E-state index contributed by atoms with van der Waals surface area (Å²) in [4.78, 5) is 3.85. The molecule has 0 bridgehead atoms. The summed E-state index contributed by atoms with van der Waals surface area (Å²) in [6.07, 6.45) is 3.68. The molecule has 0 aliphatic carbocycles. The van der Waals surface area contributed by atoms with Crippen molar-refractivity contribution in [2.24, 2.45) is 0 Å². The topological polar surface area (TPSA) is 47.0 Å². The van der Waals surface area contributed by atoms with Crippen molar-refractivity contribution in [3.05, 3.63) is 30.1 Å². The molecule has 74 valence electrons. The molecule has 0 radical (unpaired) electrons. The van der Waals surface area contributed by atoms with Crippen LogP contribution in [0.4, 0.5) is 0 Å². The molecule has 1 aromatic heterocycles. The van der Waals surface area contributed by atoms with Gasteiger partial charge >= 0.3 is 0 Å². The second-order valence-corrected chi connectivity index (χ2v) is 5.25. The number of aromatic nitrogens is 1. The normalized spacial score (nSPS) is 10.5. The van der Waals surface area contributed by atoms with Gasteiger partial charge in [0.05, 0.1) is 5.75 Å². The SMILES string of the molecule is Cl.O=S(=O)(Cl)CCc1cccnc1. The Morgan fingerprint density at radius 2 is 2.15 bits per heavy atom. The van der Waals surface area contributed by atoms with E-state index in [4.69, 9.17) is 10.7 Å². The Bertz CT molecular complexity index is 339. The molecule has 0 N–H and O–H groups in total. The zero-order valence-corrected chi connectivity index (χ0v) is 9.07. The van der Waals surface area contributed by atoms with E-state index < -0.39 is 9.05 Å². The average molecular weight is 242 g/mol. The van der Waals surface area contributed by atoms with E-state index in [1.165, 1.54) is 0 Å². The molecule has 1 aromatic rings. The van der Waals surface area contributed by atoms with E-state index in [0.717, 1.165) is 5.56 Å². The van der Waals surface area contributed by atoms with Crippen molar-refractivity contribution in [2.45, 2.75) is 6.42 Å². The van der Waals surface area contributed by atoms with Gasteiger partial charge in [-0.15, -0.1) is 12.4 Å². The lowest BCUT2D eigenvalue weighted by Gasteiger charge is -1.96. The van der Waals surface area contributed by atoms with Crippen molar-refractivity contribution >= 4 is 32.1 Å². The van der Waals surface area contributed by atoms with Crippen LogP contribution in [0.3, 0.4) is 0 Å². The number of aryl methyl sites for hydroxylation is 1. The Morgan fingerprint density at radius 3 is 2.62 bits per heavy atom. The summed E-state index contributed by atoms with van der Waals surface area (Å²) in [6, 6.07) is 3.57. The molecular formula is C7H9Cl2NO2S. The van der Waals surface area contributed by atoms with Crippen LogP contribution in [0.15, 0.2) is 24.5 Å². The molecule has 0 aliphatic rings. The van der Waals surface area contributed by atoms with E-state index in [2.05, 4.69) is 4.98 Å². The molecule has 3 nitrogen and oxygen atoms in total. The first-order valence-corrected chi connectivity index (χ1v) is 5.87. The summed E-state index contributed by atoms with van der Waals surface area (Å²) in [5.41, 5.74) is 0.877. The third-order valence-corrected chi connectivity index (χ3v) is 2.51. The van der Waals surface area contributed by atoms with Gasteiger partial charge in [0.2, 0.25) is 9.05 Å². The molecule has 0 saturated carbocycles. The van der Waals surface area contributed by atoms with Crippen LogP contribution >= 0.6 is 23.1 Å². The van der Waals surface area contributed by atoms with Crippen LogP contribution in [0.1, 0.15) is 5.56 Å². The van der Waals surface area contributed by atoms with Crippen molar-refractivity contribution in [1.29, 1.82) is 0 Å². The largest absolute Gasteiger partial charge is 0.264 e. The van der Waals surface area contributed by atoms with Gasteiger partial charge in [-0.25, -0.2) is 8.42 Å². The van der Waals surface area contributed by atoms with Crippen molar-refractivity contribution in [2.75, 3.05) is 5.75 Å². The lowest BCUT2D eigenvalue weighted by atomic mass is 10.2. The lowest BCUT2D eigenvalue weighted by Crippen LogP contribution is -2.00. The van der Waals surface area contributed by atoms with Gasteiger partial charge in [0.25, 0.3) is 0 Å².